The molecule has 4 aromatic heterocycles. The molecule has 47 heavy (non-hydrogen) atoms. The number of hydrogen-bond donors (Lipinski definition) is 4. The standard InChI is InChI=1S/C17H11ClN4O.C13H8ClIN2.C4H4N2O/c18-13-5-2-6-14-15(13)22-17(21-14)11-4-1-3-10(7-11)16-19-8-12(9-23)20-16;14-10-5-2-6-11-12(10)17-13(16-11)8-3-1-4-9(15)7-8;7-2-4-1-5-3-6-4/h1-9H,(H,19,20)(H,21,22);1-7H,(H,16,17);1-3H,(H,5,6). The van der Waals surface area contributed by atoms with Crippen molar-refractivity contribution in [3.8, 4) is 34.2 Å². The number of hydrogen-bond acceptors (Lipinski definition) is 6. The fourth-order valence-electron chi connectivity index (χ4n) is 4.59. The summed E-state index contributed by atoms with van der Waals surface area (Å²) in [6, 6.07) is 27.3. The Kier molecular flexibility index (Phi) is 9.86. The summed E-state index contributed by atoms with van der Waals surface area (Å²) in [7, 11) is 0. The number of carbonyl (C=O) groups is 2. The van der Waals surface area contributed by atoms with E-state index in [1.54, 1.807) is 0 Å². The highest BCUT2D eigenvalue weighted by Crippen LogP contribution is 2.28. The topological polar surface area (TPSA) is 149 Å². The molecular formula is C34H23Cl2IN8O2. The van der Waals surface area contributed by atoms with Crippen molar-refractivity contribution < 1.29 is 9.59 Å². The average Bonchev–Trinajstić information content (AvgIpc) is 3.92. The fourth-order valence-corrected chi connectivity index (χ4v) is 5.57. The van der Waals surface area contributed by atoms with Gasteiger partial charge in [0.1, 0.15) is 28.5 Å². The maximum absolute atomic E-state index is 10.8. The predicted molar refractivity (Wildman–Crippen MR) is 193 cm³/mol. The van der Waals surface area contributed by atoms with Crippen LogP contribution >= 0.6 is 45.8 Å². The first-order valence-corrected chi connectivity index (χ1v) is 15.8. The quantitative estimate of drug-likeness (QED) is 0.102. The Balaban J connectivity index is 0.000000141. The molecule has 0 aliphatic heterocycles. The zero-order valence-electron chi connectivity index (χ0n) is 24.2. The summed E-state index contributed by atoms with van der Waals surface area (Å²) in [4.78, 5) is 49.6. The van der Waals surface area contributed by atoms with Crippen LogP contribution in [-0.2, 0) is 0 Å². The molecule has 0 saturated carbocycles. The number of nitrogens with zero attached hydrogens (tertiary/aromatic N) is 4. The maximum Gasteiger partial charge on any atom is 0.167 e. The molecule has 0 saturated heterocycles. The zero-order valence-corrected chi connectivity index (χ0v) is 27.9. The smallest absolute Gasteiger partial charge is 0.167 e. The molecule has 0 radical (unpaired) electrons. The molecule has 4 aromatic carbocycles. The van der Waals surface area contributed by atoms with E-state index in [9.17, 15) is 9.59 Å². The molecule has 10 nitrogen and oxygen atoms in total. The van der Waals surface area contributed by atoms with Gasteiger partial charge in [-0.3, -0.25) is 9.59 Å². The van der Waals surface area contributed by atoms with Crippen molar-refractivity contribution in [2.75, 3.05) is 0 Å². The number of fused-ring (bicyclic) bond motifs is 2. The summed E-state index contributed by atoms with van der Waals surface area (Å²) in [6.07, 6.45) is 5.89. The molecule has 0 atom stereocenters. The normalized spacial score (nSPS) is 10.6. The lowest BCUT2D eigenvalue weighted by Gasteiger charge is -2.00. The van der Waals surface area contributed by atoms with Crippen LogP contribution in [0, 0.1) is 3.57 Å². The summed E-state index contributed by atoms with van der Waals surface area (Å²) in [5.74, 6) is 2.23. The second-order valence-electron chi connectivity index (χ2n) is 9.96. The van der Waals surface area contributed by atoms with E-state index >= 15 is 0 Å². The van der Waals surface area contributed by atoms with E-state index in [-0.39, 0.29) is 0 Å². The van der Waals surface area contributed by atoms with Crippen LogP contribution in [0.25, 0.3) is 56.2 Å². The van der Waals surface area contributed by atoms with Crippen LogP contribution in [0.1, 0.15) is 21.0 Å². The van der Waals surface area contributed by atoms with Gasteiger partial charge in [-0.25, -0.2) is 19.9 Å². The summed E-state index contributed by atoms with van der Waals surface area (Å²) >= 11 is 14.6. The maximum atomic E-state index is 10.8. The number of H-pyrrole nitrogens is 4. The number of imidazole rings is 4. The van der Waals surface area contributed by atoms with Crippen LogP contribution in [0.3, 0.4) is 0 Å². The zero-order chi connectivity index (χ0) is 32.8. The summed E-state index contributed by atoms with van der Waals surface area (Å²) in [6.45, 7) is 0. The number of halogens is 3. The molecule has 4 heterocycles. The molecule has 8 aromatic rings. The summed E-state index contributed by atoms with van der Waals surface area (Å²) in [5, 5.41) is 1.29. The molecular weight excluding hydrogens is 750 g/mol. The van der Waals surface area contributed by atoms with Crippen LogP contribution in [0.4, 0.5) is 0 Å². The molecule has 0 fully saturated rings. The minimum Gasteiger partial charge on any atom is -0.342 e. The van der Waals surface area contributed by atoms with E-state index in [1.807, 2.05) is 72.8 Å². The molecule has 0 aliphatic rings. The van der Waals surface area contributed by atoms with Gasteiger partial charge in [-0.1, -0.05) is 65.7 Å². The van der Waals surface area contributed by atoms with Gasteiger partial charge in [0, 0.05) is 20.3 Å². The Bertz CT molecular complexity index is 2310. The Labute approximate surface area is 291 Å². The van der Waals surface area contributed by atoms with Gasteiger partial charge in [-0.05, 0) is 65.1 Å². The highest BCUT2D eigenvalue weighted by atomic mass is 127. The van der Waals surface area contributed by atoms with Gasteiger partial charge in [-0.15, -0.1) is 0 Å². The molecule has 0 unspecified atom stereocenters. The van der Waals surface area contributed by atoms with E-state index < -0.39 is 0 Å². The Morgan fingerprint density at radius 2 is 1.17 bits per heavy atom. The average molecular weight is 773 g/mol. The fraction of sp³-hybridized carbons (Fsp3) is 0. The third kappa shape index (κ3) is 7.49. The van der Waals surface area contributed by atoms with Gasteiger partial charge in [-0.2, -0.15) is 0 Å². The van der Waals surface area contributed by atoms with Crippen molar-refractivity contribution >= 4 is 80.4 Å². The number of aromatic amines is 4. The van der Waals surface area contributed by atoms with Gasteiger partial charge in [0.05, 0.1) is 51.2 Å². The first-order chi connectivity index (χ1) is 22.9. The minimum atomic E-state index is 0.445. The van der Waals surface area contributed by atoms with Gasteiger partial charge < -0.3 is 19.9 Å². The molecule has 0 amide bonds. The first-order valence-electron chi connectivity index (χ1n) is 14.0. The SMILES string of the molecule is Clc1cccc2[nH]c(-c3cccc(I)c3)nc12.O=Cc1cnc(-c2cccc(-c3nc4c(Cl)cccc4[nH]3)c2)[nH]1.O=Cc1cnc[nH]1. The second kappa shape index (κ2) is 14.5. The highest BCUT2D eigenvalue weighted by Gasteiger charge is 2.11. The molecule has 232 valence electrons. The lowest BCUT2D eigenvalue weighted by Crippen LogP contribution is -1.85. The highest BCUT2D eigenvalue weighted by molar-refractivity contribution is 14.1. The lowest BCUT2D eigenvalue weighted by molar-refractivity contribution is 0.111. The first kappa shape index (κ1) is 31.9. The Morgan fingerprint density at radius 1 is 0.617 bits per heavy atom. The molecule has 4 N–H and O–H groups in total. The predicted octanol–water partition coefficient (Wildman–Crippen LogP) is 8.80. The number of nitrogens with one attached hydrogen (secondary N) is 4. The number of aromatic nitrogens is 8. The van der Waals surface area contributed by atoms with Crippen LogP contribution in [-0.4, -0.2) is 52.4 Å². The third-order valence-corrected chi connectivity index (χ3v) is 8.08. The van der Waals surface area contributed by atoms with Crippen molar-refractivity contribution in [1.82, 2.24) is 39.9 Å². The number of benzene rings is 4. The van der Waals surface area contributed by atoms with Crippen LogP contribution in [0.5, 0.6) is 0 Å². The molecule has 0 bridgehead atoms. The Hall–Kier alpha value is -5.11. The number of para-hydroxylation sites is 2. The molecule has 0 aliphatic carbocycles. The van der Waals surface area contributed by atoms with E-state index in [4.69, 9.17) is 23.2 Å². The number of rotatable bonds is 5. The van der Waals surface area contributed by atoms with Gasteiger partial charge in [0.15, 0.2) is 12.6 Å². The summed E-state index contributed by atoms with van der Waals surface area (Å²) < 4.78 is 1.19. The third-order valence-electron chi connectivity index (χ3n) is 6.80. The minimum absolute atomic E-state index is 0.445. The van der Waals surface area contributed by atoms with Gasteiger partial charge in [0.2, 0.25) is 0 Å². The van der Waals surface area contributed by atoms with Crippen LogP contribution in [0.15, 0.2) is 104 Å². The Morgan fingerprint density at radius 3 is 1.66 bits per heavy atom. The monoisotopic (exact) mass is 772 g/mol. The second-order valence-corrected chi connectivity index (χ2v) is 12.0. The van der Waals surface area contributed by atoms with E-state index in [1.165, 1.54) is 22.3 Å². The van der Waals surface area contributed by atoms with Crippen molar-refractivity contribution in [3.63, 3.8) is 0 Å². The summed E-state index contributed by atoms with van der Waals surface area (Å²) in [5.41, 5.74) is 7.25. The van der Waals surface area contributed by atoms with E-state index in [2.05, 4.69) is 74.6 Å². The lowest BCUT2D eigenvalue weighted by atomic mass is 10.1. The molecule has 0 spiro atoms. The molecule has 13 heteroatoms. The number of aldehydes is 2. The van der Waals surface area contributed by atoms with Crippen LogP contribution in [0.2, 0.25) is 10.0 Å². The van der Waals surface area contributed by atoms with Gasteiger partial charge in [0.25, 0.3) is 0 Å². The number of carbonyl (C=O) groups excluding carboxylic acids is 2. The van der Waals surface area contributed by atoms with Crippen LogP contribution < -0.4 is 0 Å². The van der Waals surface area contributed by atoms with Gasteiger partial charge >= 0.3 is 0 Å². The van der Waals surface area contributed by atoms with Crippen molar-refractivity contribution in [1.29, 1.82) is 0 Å². The van der Waals surface area contributed by atoms with E-state index in [0.717, 1.165) is 56.7 Å². The van der Waals surface area contributed by atoms with Crippen molar-refractivity contribution in [3.05, 3.63) is 129 Å². The van der Waals surface area contributed by atoms with Crippen molar-refractivity contribution in [2.45, 2.75) is 0 Å². The molecule has 8 rings (SSSR count). The largest absolute Gasteiger partial charge is 0.342 e. The van der Waals surface area contributed by atoms with Crippen molar-refractivity contribution in [2.24, 2.45) is 0 Å². The van der Waals surface area contributed by atoms with E-state index in [0.29, 0.717) is 33.5 Å².